The Hall–Kier alpha value is -2.90. The van der Waals surface area contributed by atoms with Crippen molar-refractivity contribution in [2.45, 2.75) is 38.9 Å². The van der Waals surface area contributed by atoms with Crippen LogP contribution in [0, 0.1) is 0 Å². The number of carbonyl (C=O) groups is 4. The lowest BCUT2D eigenvalue weighted by Crippen LogP contribution is -2.27. The number of rotatable bonds is 9. The summed E-state index contributed by atoms with van der Waals surface area (Å²) >= 11 is 0. The molecular formula is C16H16O8-2. The molecule has 0 aromatic heterocycles. The minimum Gasteiger partial charge on any atom is -0.550 e. The molecule has 8 nitrogen and oxygen atoms in total. The highest BCUT2D eigenvalue weighted by Crippen LogP contribution is 2.12. The Morgan fingerprint density at radius 2 is 1.54 bits per heavy atom. The van der Waals surface area contributed by atoms with Crippen LogP contribution < -0.4 is 10.2 Å². The maximum Gasteiger partial charge on any atom is 0.341 e. The third-order valence-electron chi connectivity index (χ3n) is 2.95. The van der Waals surface area contributed by atoms with Crippen molar-refractivity contribution in [1.82, 2.24) is 0 Å². The van der Waals surface area contributed by atoms with Crippen LogP contribution in [0.4, 0.5) is 0 Å². The average Bonchev–Trinajstić information content (AvgIpc) is 2.51. The highest BCUT2D eigenvalue weighted by atomic mass is 16.7. The van der Waals surface area contributed by atoms with Gasteiger partial charge in [-0.3, -0.25) is 4.79 Å². The topological polar surface area (TPSA) is 133 Å². The predicted molar refractivity (Wildman–Crippen MR) is 75.2 cm³/mol. The number of aromatic carboxylic acids is 1. The standard InChI is InChI=1S/C16H18O8/c1-10(23-14(19)9-5-4-8-13(17)18)24-16(22)12-7-3-2-6-11(12)15(20)21/h2-3,6-7,10H,4-5,8-9H2,1H3,(H,17,18)(H,20,21)/p-2. The SMILES string of the molecule is CC(OC(=O)CCCCC(=O)[O-])OC(=O)c1ccccc1C(=O)[O-]. The first-order valence-corrected chi connectivity index (χ1v) is 7.22. The Balaban J connectivity index is 2.48. The summed E-state index contributed by atoms with van der Waals surface area (Å²) in [6.45, 7) is 1.30. The number of esters is 2. The molecule has 0 amide bonds. The van der Waals surface area contributed by atoms with Gasteiger partial charge in [0.05, 0.1) is 11.5 Å². The summed E-state index contributed by atoms with van der Waals surface area (Å²) in [6, 6.07) is 5.33. The van der Waals surface area contributed by atoms with Crippen LogP contribution in [0.15, 0.2) is 24.3 Å². The number of aliphatic carboxylic acids is 1. The van der Waals surface area contributed by atoms with E-state index in [0.717, 1.165) is 0 Å². The Kier molecular flexibility index (Phi) is 7.41. The van der Waals surface area contributed by atoms with Gasteiger partial charge < -0.3 is 29.3 Å². The van der Waals surface area contributed by atoms with Crippen LogP contribution in [0.25, 0.3) is 0 Å². The third-order valence-corrected chi connectivity index (χ3v) is 2.95. The zero-order valence-corrected chi connectivity index (χ0v) is 13.0. The molecule has 1 aromatic rings. The predicted octanol–water partition coefficient (Wildman–Crippen LogP) is -0.594. The Bertz CT molecular complexity index is 622. The van der Waals surface area contributed by atoms with Gasteiger partial charge in [-0.2, -0.15) is 0 Å². The summed E-state index contributed by atoms with van der Waals surface area (Å²) in [5.74, 6) is -4.36. The summed E-state index contributed by atoms with van der Waals surface area (Å²) in [4.78, 5) is 44.6. The summed E-state index contributed by atoms with van der Waals surface area (Å²) in [5.41, 5.74) is -0.544. The van der Waals surface area contributed by atoms with Gasteiger partial charge in [0.15, 0.2) is 0 Å². The molecule has 0 aliphatic rings. The fourth-order valence-corrected chi connectivity index (χ4v) is 1.86. The number of carboxylic acid groups (broad SMARTS) is 2. The van der Waals surface area contributed by atoms with Gasteiger partial charge in [0.2, 0.25) is 6.29 Å². The second-order valence-corrected chi connectivity index (χ2v) is 4.87. The minimum atomic E-state index is -1.53. The van der Waals surface area contributed by atoms with E-state index in [1.807, 2.05) is 0 Å². The van der Waals surface area contributed by atoms with E-state index < -0.39 is 30.2 Å². The molecule has 24 heavy (non-hydrogen) atoms. The zero-order valence-electron chi connectivity index (χ0n) is 13.0. The quantitative estimate of drug-likeness (QED) is 0.332. The molecule has 1 rings (SSSR count). The van der Waals surface area contributed by atoms with E-state index in [1.165, 1.54) is 31.2 Å². The molecule has 0 N–H and O–H groups in total. The second-order valence-electron chi connectivity index (χ2n) is 4.87. The fraction of sp³-hybridized carbons (Fsp3) is 0.375. The van der Waals surface area contributed by atoms with E-state index in [-0.39, 0.29) is 30.4 Å². The first-order valence-electron chi connectivity index (χ1n) is 7.22. The molecule has 1 atom stereocenters. The summed E-state index contributed by atoms with van der Waals surface area (Å²) in [5, 5.41) is 21.2. The molecule has 1 unspecified atom stereocenters. The van der Waals surface area contributed by atoms with Crippen molar-refractivity contribution in [3.05, 3.63) is 35.4 Å². The van der Waals surface area contributed by atoms with Crippen molar-refractivity contribution >= 4 is 23.9 Å². The Morgan fingerprint density at radius 3 is 2.12 bits per heavy atom. The largest absolute Gasteiger partial charge is 0.550 e. The Labute approximate surface area is 138 Å². The zero-order chi connectivity index (χ0) is 18.1. The molecule has 0 radical (unpaired) electrons. The maximum atomic E-state index is 11.9. The highest BCUT2D eigenvalue weighted by molar-refractivity contribution is 6.01. The number of carbonyl (C=O) groups excluding carboxylic acids is 4. The van der Waals surface area contributed by atoms with Crippen molar-refractivity contribution in [3.63, 3.8) is 0 Å². The van der Waals surface area contributed by atoms with Crippen LogP contribution in [-0.2, 0) is 19.1 Å². The normalized spacial score (nSPS) is 11.4. The fourth-order valence-electron chi connectivity index (χ4n) is 1.86. The maximum absolute atomic E-state index is 11.9. The molecule has 0 saturated carbocycles. The summed E-state index contributed by atoms with van der Waals surface area (Å²) < 4.78 is 9.71. The van der Waals surface area contributed by atoms with E-state index in [0.29, 0.717) is 6.42 Å². The summed E-state index contributed by atoms with van der Waals surface area (Å²) in [7, 11) is 0. The number of ether oxygens (including phenoxy) is 2. The number of hydrogen-bond donors (Lipinski definition) is 0. The first kappa shape index (κ1) is 19.1. The van der Waals surface area contributed by atoms with Gasteiger partial charge in [-0.25, -0.2) is 4.79 Å². The molecule has 0 fully saturated rings. The second kappa shape index (κ2) is 9.29. The van der Waals surface area contributed by atoms with Crippen LogP contribution in [0.2, 0.25) is 0 Å². The molecule has 0 aliphatic heterocycles. The molecule has 0 bridgehead atoms. The molecule has 0 spiro atoms. The van der Waals surface area contributed by atoms with Gasteiger partial charge in [0, 0.05) is 24.9 Å². The van der Waals surface area contributed by atoms with Crippen molar-refractivity contribution in [2.75, 3.05) is 0 Å². The molecule has 0 saturated heterocycles. The van der Waals surface area contributed by atoms with Gasteiger partial charge in [-0.05, 0) is 25.3 Å². The number of unbranched alkanes of at least 4 members (excludes halogenated alkanes) is 1. The van der Waals surface area contributed by atoms with Crippen LogP contribution >= 0.6 is 0 Å². The summed E-state index contributed by atoms with van der Waals surface area (Å²) in [6.07, 6.45) is -0.852. The lowest BCUT2D eigenvalue weighted by molar-refractivity contribution is -0.305. The van der Waals surface area contributed by atoms with Crippen LogP contribution in [0.5, 0.6) is 0 Å². The van der Waals surface area contributed by atoms with Crippen molar-refractivity contribution in [3.8, 4) is 0 Å². The molecule has 0 aliphatic carbocycles. The van der Waals surface area contributed by atoms with Crippen molar-refractivity contribution in [1.29, 1.82) is 0 Å². The van der Waals surface area contributed by atoms with Gasteiger partial charge in [-0.15, -0.1) is 0 Å². The third kappa shape index (κ3) is 6.47. The number of carboxylic acids is 2. The van der Waals surface area contributed by atoms with E-state index >= 15 is 0 Å². The lowest BCUT2D eigenvalue weighted by Gasteiger charge is -2.15. The van der Waals surface area contributed by atoms with Gasteiger partial charge in [0.1, 0.15) is 0 Å². The van der Waals surface area contributed by atoms with E-state index in [1.54, 1.807) is 0 Å². The molecule has 1 aromatic carbocycles. The van der Waals surface area contributed by atoms with Gasteiger partial charge in [-0.1, -0.05) is 18.2 Å². The van der Waals surface area contributed by atoms with E-state index in [2.05, 4.69) is 0 Å². The molecule has 0 heterocycles. The van der Waals surface area contributed by atoms with Crippen molar-refractivity contribution < 1.29 is 38.9 Å². The van der Waals surface area contributed by atoms with Crippen LogP contribution in [-0.4, -0.2) is 30.2 Å². The monoisotopic (exact) mass is 336 g/mol. The van der Waals surface area contributed by atoms with Crippen molar-refractivity contribution in [2.24, 2.45) is 0 Å². The first-order chi connectivity index (χ1) is 11.3. The van der Waals surface area contributed by atoms with E-state index in [4.69, 9.17) is 9.47 Å². The number of benzene rings is 1. The number of hydrogen-bond acceptors (Lipinski definition) is 8. The average molecular weight is 336 g/mol. The Morgan fingerprint density at radius 1 is 0.958 bits per heavy atom. The smallest absolute Gasteiger partial charge is 0.341 e. The molecular weight excluding hydrogens is 320 g/mol. The molecule has 130 valence electrons. The highest BCUT2D eigenvalue weighted by Gasteiger charge is 2.18. The van der Waals surface area contributed by atoms with E-state index in [9.17, 15) is 29.4 Å². The van der Waals surface area contributed by atoms with Crippen LogP contribution in [0.1, 0.15) is 53.3 Å². The molecule has 8 heteroatoms. The van der Waals surface area contributed by atoms with Gasteiger partial charge >= 0.3 is 11.9 Å². The van der Waals surface area contributed by atoms with Crippen LogP contribution in [0.3, 0.4) is 0 Å². The minimum absolute atomic E-state index is 0.0369. The van der Waals surface area contributed by atoms with Gasteiger partial charge in [0.25, 0.3) is 0 Å². The lowest BCUT2D eigenvalue weighted by atomic mass is 10.1.